The van der Waals surface area contributed by atoms with Gasteiger partial charge in [-0.25, -0.2) is 4.98 Å². The highest BCUT2D eigenvalue weighted by molar-refractivity contribution is 7.14. The third kappa shape index (κ3) is 5.07. The van der Waals surface area contributed by atoms with Crippen LogP contribution in [0.2, 0.25) is 0 Å². The molecule has 29 heavy (non-hydrogen) atoms. The average molecular weight is 409 g/mol. The molecule has 0 spiro atoms. The minimum Gasteiger partial charge on any atom is -0.382 e. The number of carbonyl (C=O) groups excluding carboxylic acids is 2. The minimum absolute atomic E-state index is 0.0207. The van der Waals surface area contributed by atoms with Crippen LogP contribution in [0.5, 0.6) is 0 Å². The molecule has 0 saturated carbocycles. The van der Waals surface area contributed by atoms with Crippen LogP contribution in [0, 0.1) is 11.3 Å². The first-order valence-corrected chi connectivity index (χ1v) is 9.57. The first-order valence-electron chi connectivity index (χ1n) is 8.69. The zero-order valence-electron chi connectivity index (χ0n) is 15.9. The molecule has 3 rings (SSSR count). The Balaban J connectivity index is 1.69. The zero-order valence-corrected chi connectivity index (χ0v) is 16.7. The van der Waals surface area contributed by atoms with Gasteiger partial charge in [-0.05, 0) is 18.2 Å². The standard InChI is InChI=1S/C20H19N5O3S/c1-25-7-6-15(10-25)18(26)22-16(11-28-2)19(27)24-20-23-17(12-29-20)14-5-3-4-13(8-14)9-21/h3-8,10,12,16H,11H2,1-2H3,(H,22,26)(H,23,24,27)/t16-/m0/s1. The number of nitrogens with one attached hydrogen (secondary N) is 2. The molecule has 0 fully saturated rings. The molecule has 1 atom stereocenters. The lowest BCUT2D eigenvalue weighted by molar-refractivity contribution is -0.119. The number of benzene rings is 1. The molecule has 0 saturated heterocycles. The maximum Gasteiger partial charge on any atom is 0.253 e. The summed E-state index contributed by atoms with van der Waals surface area (Å²) in [6.07, 6.45) is 3.41. The van der Waals surface area contributed by atoms with Crippen molar-refractivity contribution >= 4 is 28.3 Å². The van der Waals surface area contributed by atoms with E-state index < -0.39 is 11.9 Å². The molecular weight excluding hydrogens is 390 g/mol. The van der Waals surface area contributed by atoms with Crippen molar-refractivity contribution in [2.24, 2.45) is 7.05 Å². The highest BCUT2D eigenvalue weighted by Gasteiger charge is 2.23. The van der Waals surface area contributed by atoms with E-state index in [-0.39, 0.29) is 12.5 Å². The molecule has 3 aromatic rings. The summed E-state index contributed by atoms with van der Waals surface area (Å²) in [4.78, 5) is 29.4. The van der Waals surface area contributed by atoms with Crippen molar-refractivity contribution < 1.29 is 14.3 Å². The molecule has 0 aliphatic heterocycles. The van der Waals surface area contributed by atoms with Crippen molar-refractivity contribution in [2.75, 3.05) is 19.0 Å². The highest BCUT2D eigenvalue weighted by Crippen LogP contribution is 2.25. The van der Waals surface area contributed by atoms with Gasteiger partial charge < -0.3 is 19.9 Å². The van der Waals surface area contributed by atoms with Gasteiger partial charge in [-0.2, -0.15) is 5.26 Å². The predicted molar refractivity (Wildman–Crippen MR) is 109 cm³/mol. The van der Waals surface area contributed by atoms with Crippen LogP contribution in [0.25, 0.3) is 11.3 Å². The van der Waals surface area contributed by atoms with E-state index >= 15 is 0 Å². The Kier molecular flexibility index (Phi) is 6.39. The van der Waals surface area contributed by atoms with E-state index in [1.807, 2.05) is 13.1 Å². The third-order valence-corrected chi connectivity index (χ3v) is 4.83. The van der Waals surface area contributed by atoms with Crippen molar-refractivity contribution in [3.05, 3.63) is 59.2 Å². The second-order valence-corrected chi connectivity index (χ2v) is 7.12. The lowest BCUT2D eigenvalue weighted by Crippen LogP contribution is -2.46. The number of nitrogens with zero attached hydrogens (tertiary/aromatic N) is 3. The second kappa shape index (κ2) is 9.14. The molecule has 148 valence electrons. The SMILES string of the molecule is COC[C@H](NC(=O)c1ccn(C)c1)C(=O)Nc1nc(-c2cccc(C#N)c2)cs1. The summed E-state index contributed by atoms with van der Waals surface area (Å²) in [6, 6.07) is 9.94. The number of thiazole rings is 1. The Bertz CT molecular complexity index is 1070. The Labute approximate surface area is 171 Å². The van der Waals surface area contributed by atoms with Crippen LogP contribution in [-0.2, 0) is 16.6 Å². The van der Waals surface area contributed by atoms with E-state index in [1.165, 1.54) is 18.4 Å². The normalized spacial score (nSPS) is 11.5. The first-order chi connectivity index (χ1) is 14.0. The molecule has 9 heteroatoms. The van der Waals surface area contributed by atoms with Crippen molar-refractivity contribution in [2.45, 2.75) is 6.04 Å². The van der Waals surface area contributed by atoms with Gasteiger partial charge >= 0.3 is 0 Å². The molecule has 8 nitrogen and oxygen atoms in total. The molecule has 0 unspecified atom stereocenters. The van der Waals surface area contributed by atoms with E-state index in [0.29, 0.717) is 22.0 Å². The number of carbonyl (C=O) groups is 2. The van der Waals surface area contributed by atoms with E-state index in [4.69, 9.17) is 10.00 Å². The quantitative estimate of drug-likeness (QED) is 0.623. The van der Waals surface area contributed by atoms with Crippen LogP contribution in [0.3, 0.4) is 0 Å². The molecule has 1 aromatic carbocycles. The summed E-state index contributed by atoms with van der Waals surface area (Å²) in [5, 5.41) is 16.6. The molecular formula is C20H19N5O3S. The van der Waals surface area contributed by atoms with Gasteiger partial charge in [0.25, 0.3) is 11.8 Å². The summed E-state index contributed by atoms with van der Waals surface area (Å²) in [5.41, 5.74) is 2.42. The first kappa shape index (κ1) is 20.3. The number of aromatic nitrogens is 2. The maximum absolute atomic E-state index is 12.6. The largest absolute Gasteiger partial charge is 0.382 e. The summed E-state index contributed by atoms with van der Waals surface area (Å²) in [5.74, 6) is -0.793. The van der Waals surface area contributed by atoms with Crippen LogP contribution in [0.15, 0.2) is 48.1 Å². The van der Waals surface area contributed by atoms with Crippen LogP contribution >= 0.6 is 11.3 Å². The van der Waals surface area contributed by atoms with Crippen molar-refractivity contribution in [3.8, 4) is 17.3 Å². The van der Waals surface area contributed by atoms with Crippen molar-refractivity contribution in [1.82, 2.24) is 14.9 Å². The summed E-state index contributed by atoms with van der Waals surface area (Å²) in [6.45, 7) is 0.0207. The van der Waals surface area contributed by atoms with E-state index in [2.05, 4.69) is 21.7 Å². The Morgan fingerprint density at radius 3 is 2.90 bits per heavy atom. The topological polar surface area (TPSA) is 109 Å². The number of methoxy groups -OCH3 is 1. The molecule has 0 aliphatic carbocycles. The van der Waals surface area contributed by atoms with Crippen molar-refractivity contribution in [1.29, 1.82) is 5.26 Å². The van der Waals surface area contributed by atoms with Gasteiger partial charge in [0.2, 0.25) is 0 Å². The number of hydrogen-bond acceptors (Lipinski definition) is 6. The van der Waals surface area contributed by atoms with Crippen LogP contribution < -0.4 is 10.6 Å². The van der Waals surface area contributed by atoms with E-state index in [9.17, 15) is 9.59 Å². The highest BCUT2D eigenvalue weighted by atomic mass is 32.1. The number of hydrogen-bond donors (Lipinski definition) is 2. The molecule has 2 N–H and O–H groups in total. The van der Waals surface area contributed by atoms with E-state index in [1.54, 1.807) is 46.6 Å². The number of anilines is 1. The van der Waals surface area contributed by atoms with Gasteiger partial charge in [0, 0.05) is 37.5 Å². The van der Waals surface area contributed by atoms with E-state index in [0.717, 1.165) is 5.56 Å². The van der Waals surface area contributed by atoms with Gasteiger partial charge in [-0.3, -0.25) is 9.59 Å². The summed E-state index contributed by atoms with van der Waals surface area (Å²) in [7, 11) is 3.26. The van der Waals surface area contributed by atoms with Gasteiger partial charge in [0.05, 0.1) is 29.5 Å². The molecule has 0 aliphatic rings. The minimum atomic E-state index is -0.873. The van der Waals surface area contributed by atoms with Crippen LogP contribution in [0.1, 0.15) is 15.9 Å². The molecule has 0 bridgehead atoms. The van der Waals surface area contributed by atoms with Crippen molar-refractivity contribution in [3.63, 3.8) is 0 Å². The van der Waals surface area contributed by atoms with Gasteiger partial charge in [-0.1, -0.05) is 12.1 Å². The van der Waals surface area contributed by atoms with Crippen LogP contribution in [0.4, 0.5) is 5.13 Å². The monoisotopic (exact) mass is 409 g/mol. The fraction of sp³-hybridized carbons (Fsp3) is 0.200. The Hall–Kier alpha value is -3.48. The molecule has 0 radical (unpaired) electrons. The fourth-order valence-electron chi connectivity index (χ4n) is 2.63. The summed E-state index contributed by atoms with van der Waals surface area (Å²) < 4.78 is 6.83. The van der Waals surface area contributed by atoms with Crippen LogP contribution in [-0.4, -0.2) is 41.1 Å². The smallest absolute Gasteiger partial charge is 0.253 e. The lowest BCUT2D eigenvalue weighted by atomic mass is 10.1. The molecule has 2 aromatic heterocycles. The van der Waals surface area contributed by atoms with Gasteiger partial charge in [0.1, 0.15) is 6.04 Å². The Morgan fingerprint density at radius 2 is 2.21 bits per heavy atom. The molecule has 2 amide bonds. The maximum atomic E-state index is 12.6. The average Bonchev–Trinajstić information content (AvgIpc) is 3.36. The van der Waals surface area contributed by atoms with Gasteiger partial charge in [-0.15, -0.1) is 11.3 Å². The number of amides is 2. The second-order valence-electron chi connectivity index (χ2n) is 6.27. The fourth-order valence-corrected chi connectivity index (χ4v) is 3.36. The lowest BCUT2D eigenvalue weighted by Gasteiger charge is -2.16. The number of ether oxygens (including phenoxy) is 1. The Morgan fingerprint density at radius 1 is 1.38 bits per heavy atom. The van der Waals surface area contributed by atoms with Gasteiger partial charge in [0.15, 0.2) is 5.13 Å². The number of aryl methyl sites for hydroxylation is 1. The summed E-state index contributed by atoms with van der Waals surface area (Å²) >= 11 is 1.26. The third-order valence-electron chi connectivity index (χ3n) is 4.07. The molecule has 2 heterocycles. The zero-order chi connectivity index (χ0) is 20.8. The number of nitriles is 1. The number of rotatable bonds is 7. The predicted octanol–water partition coefficient (Wildman–Crippen LogP) is 2.40.